The van der Waals surface area contributed by atoms with Crippen molar-refractivity contribution in [2.24, 2.45) is 10.1 Å². The number of likely N-dealkylation sites (tertiary alicyclic amines) is 1. The number of carbonyl (C=O) groups excluding carboxylic acids is 1. The van der Waals surface area contributed by atoms with E-state index in [1.54, 1.807) is 29.2 Å². The molecule has 2 aliphatic heterocycles. The maximum Gasteiger partial charge on any atom is 0.259 e. The predicted octanol–water partition coefficient (Wildman–Crippen LogP) is 0.997. The third kappa shape index (κ3) is 4.09. The molecule has 2 aromatic rings. The Labute approximate surface area is 173 Å². The van der Waals surface area contributed by atoms with Crippen LogP contribution in [0.15, 0.2) is 45.7 Å². The van der Waals surface area contributed by atoms with Gasteiger partial charge >= 0.3 is 0 Å². The van der Waals surface area contributed by atoms with Crippen molar-refractivity contribution in [1.29, 1.82) is 0 Å². The van der Waals surface area contributed by atoms with Crippen molar-refractivity contribution in [3.05, 3.63) is 63.6 Å². The summed E-state index contributed by atoms with van der Waals surface area (Å²) in [5.74, 6) is -0.0852. The van der Waals surface area contributed by atoms with E-state index in [0.717, 1.165) is 19.3 Å². The Kier molecular flexibility index (Phi) is 5.33. The summed E-state index contributed by atoms with van der Waals surface area (Å²) in [6.45, 7) is 0.805. The largest absolute Gasteiger partial charge is 0.491 e. The molecule has 0 bridgehead atoms. The van der Waals surface area contributed by atoms with Crippen LogP contribution in [0.2, 0.25) is 0 Å². The van der Waals surface area contributed by atoms with Gasteiger partial charge in [-0.15, -0.1) is 4.40 Å². The van der Waals surface area contributed by atoms with Gasteiger partial charge in [0.05, 0.1) is 17.4 Å². The van der Waals surface area contributed by atoms with Gasteiger partial charge in [-0.05, 0) is 37.0 Å². The van der Waals surface area contributed by atoms with Crippen LogP contribution >= 0.6 is 0 Å². The molecule has 1 aromatic heterocycles. The number of ether oxygens (including phenoxy) is 1. The fourth-order valence-electron chi connectivity index (χ4n) is 3.90. The molecule has 1 atom stereocenters. The minimum Gasteiger partial charge on any atom is -0.491 e. The Hall–Kier alpha value is -3.14. The number of nitrogens with two attached hydrogens (primary N) is 1. The van der Waals surface area contributed by atoms with Crippen LogP contribution in [0.1, 0.15) is 40.7 Å². The Morgan fingerprint density at radius 3 is 2.93 bits per heavy atom. The van der Waals surface area contributed by atoms with Crippen LogP contribution in [0.4, 0.5) is 0 Å². The number of pyridine rings is 1. The van der Waals surface area contributed by atoms with Crippen LogP contribution in [-0.4, -0.2) is 49.2 Å². The van der Waals surface area contributed by atoms with Crippen molar-refractivity contribution in [3.63, 3.8) is 0 Å². The number of carbonyl (C=O) groups is 1. The highest BCUT2D eigenvalue weighted by atomic mass is 32.2. The average Bonchev–Trinajstić information content (AvgIpc) is 2.70. The molecule has 4 rings (SSSR count). The minimum absolute atomic E-state index is 0.0908. The molecule has 1 fully saturated rings. The summed E-state index contributed by atoms with van der Waals surface area (Å²) in [4.78, 5) is 28.7. The number of aromatic nitrogens is 1. The molecule has 0 aliphatic carbocycles. The van der Waals surface area contributed by atoms with Crippen molar-refractivity contribution < 1.29 is 17.9 Å². The number of rotatable bonds is 4. The van der Waals surface area contributed by atoms with Gasteiger partial charge < -0.3 is 20.4 Å². The zero-order valence-electron chi connectivity index (χ0n) is 16.2. The second kappa shape index (κ2) is 7.94. The average molecular weight is 430 g/mol. The van der Waals surface area contributed by atoms with Gasteiger partial charge in [0.15, 0.2) is 0 Å². The van der Waals surface area contributed by atoms with Crippen molar-refractivity contribution >= 4 is 21.8 Å². The highest BCUT2D eigenvalue weighted by molar-refractivity contribution is 7.89. The summed E-state index contributed by atoms with van der Waals surface area (Å²) in [6.07, 6.45) is 4.06. The van der Waals surface area contributed by atoms with Gasteiger partial charge in [0.2, 0.25) is 5.56 Å². The molecule has 1 saturated heterocycles. The van der Waals surface area contributed by atoms with Gasteiger partial charge in [-0.3, -0.25) is 9.59 Å². The molecule has 0 spiro atoms. The number of piperidine rings is 1. The summed E-state index contributed by atoms with van der Waals surface area (Å²) in [5, 5.41) is 0. The lowest BCUT2D eigenvalue weighted by molar-refractivity contribution is 0.0528. The molecule has 30 heavy (non-hydrogen) atoms. The van der Waals surface area contributed by atoms with Gasteiger partial charge in [-0.2, -0.15) is 0 Å². The third-order valence-electron chi connectivity index (χ3n) is 5.29. The van der Waals surface area contributed by atoms with Crippen LogP contribution in [0, 0.1) is 0 Å². The van der Waals surface area contributed by atoms with Gasteiger partial charge in [-0.1, -0.05) is 12.1 Å². The van der Waals surface area contributed by atoms with Crippen molar-refractivity contribution in [3.8, 4) is 5.75 Å². The first kappa shape index (κ1) is 20.1. The van der Waals surface area contributed by atoms with E-state index in [9.17, 15) is 18.0 Å². The van der Waals surface area contributed by atoms with E-state index in [1.165, 1.54) is 12.3 Å². The van der Waals surface area contributed by atoms with Crippen LogP contribution in [0.5, 0.6) is 5.75 Å². The molecule has 9 nitrogen and oxygen atoms in total. The molecule has 158 valence electrons. The number of fused-ring (bicyclic) bond motifs is 1. The van der Waals surface area contributed by atoms with Crippen LogP contribution in [0.3, 0.4) is 0 Å². The van der Waals surface area contributed by atoms with E-state index in [4.69, 9.17) is 10.5 Å². The number of amides is 1. The van der Waals surface area contributed by atoms with Gasteiger partial charge in [-0.25, -0.2) is 8.42 Å². The third-order valence-corrected chi connectivity index (χ3v) is 6.44. The number of benzene rings is 1. The second-order valence-corrected chi connectivity index (χ2v) is 9.03. The molecule has 3 heterocycles. The van der Waals surface area contributed by atoms with Crippen LogP contribution in [0.25, 0.3) is 0 Å². The summed E-state index contributed by atoms with van der Waals surface area (Å²) < 4.78 is 33.3. The summed E-state index contributed by atoms with van der Waals surface area (Å²) >= 11 is 0. The van der Waals surface area contributed by atoms with E-state index < -0.39 is 10.0 Å². The minimum atomic E-state index is -3.63. The van der Waals surface area contributed by atoms with Gasteiger partial charge in [0.1, 0.15) is 18.2 Å². The molecular formula is C20H22N4O5S. The maximum atomic E-state index is 12.9. The molecular weight excluding hydrogens is 408 g/mol. The predicted molar refractivity (Wildman–Crippen MR) is 111 cm³/mol. The summed E-state index contributed by atoms with van der Waals surface area (Å²) in [6, 6.07) is 7.81. The van der Waals surface area contributed by atoms with E-state index in [1.807, 2.05) is 0 Å². The zero-order valence-corrected chi connectivity index (χ0v) is 17.0. The standard InChI is InChI=1S/C20H22N4O5S/c21-19-18-14(12-30(27,28)23-19)4-3-6-16(18)29-11-15-5-1-2-9-24(15)20(26)13-7-8-22-17(25)10-13/h3-4,6-8,10,15H,1-2,5,9,11-12H2,(H2,21,23)(H,22,25)/t15-/m1/s1. The van der Waals surface area contributed by atoms with Gasteiger partial charge in [0.25, 0.3) is 15.9 Å². The van der Waals surface area contributed by atoms with E-state index >= 15 is 0 Å². The van der Waals surface area contributed by atoms with E-state index in [-0.39, 0.29) is 35.7 Å². The monoisotopic (exact) mass is 430 g/mol. The lowest BCUT2D eigenvalue weighted by Gasteiger charge is -2.35. The molecule has 1 amide bonds. The summed E-state index contributed by atoms with van der Waals surface area (Å²) in [7, 11) is -3.63. The number of nitrogens with zero attached hydrogens (tertiary/aromatic N) is 2. The van der Waals surface area contributed by atoms with Crippen LogP contribution in [-0.2, 0) is 15.8 Å². The number of amidine groups is 1. The van der Waals surface area contributed by atoms with Crippen molar-refractivity contribution in [1.82, 2.24) is 9.88 Å². The van der Waals surface area contributed by atoms with Crippen molar-refractivity contribution in [2.75, 3.05) is 13.2 Å². The first-order chi connectivity index (χ1) is 14.3. The smallest absolute Gasteiger partial charge is 0.259 e. The fourth-order valence-corrected chi connectivity index (χ4v) is 4.99. The number of hydrogen-bond donors (Lipinski definition) is 2. The van der Waals surface area contributed by atoms with Crippen LogP contribution < -0.4 is 16.0 Å². The number of nitrogens with one attached hydrogen (secondary N) is 1. The number of H-pyrrole nitrogens is 1. The highest BCUT2D eigenvalue weighted by Crippen LogP contribution is 2.29. The first-order valence-corrected chi connectivity index (χ1v) is 11.3. The SMILES string of the molecule is NC1=NS(=O)(=O)Cc2cccc(OC[C@H]3CCCCN3C(=O)c3cc[nH]c(=O)c3)c21. The van der Waals surface area contributed by atoms with Gasteiger partial charge in [0, 0.05) is 24.4 Å². The molecule has 3 N–H and O–H groups in total. The number of sulfonamides is 1. The Morgan fingerprint density at radius 1 is 1.30 bits per heavy atom. The lowest BCUT2D eigenvalue weighted by Crippen LogP contribution is -2.47. The quantitative estimate of drug-likeness (QED) is 0.743. The summed E-state index contributed by atoms with van der Waals surface area (Å²) in [5.41, 5.74) is 6.92. The highest BCUT2D eigenvalue weighted by Gasteiger charge is 2.30. The fraction of sp³-hybridized carbons (Fsp3) is 0.350. The number of hydrogen-bond acceptors (Lipinski definition) is 6. The molecule has 0 unspecified atom stereocenters. The Bertz CT molecular complexity index is 1170. The maximum absolute atomic E-state index is 12.9. The second-order valence-electron chi connectivity index (χ2n) is 7.39. The Balaban J connectivity index is 1.54. The van der Waals surface area contributed by atoms with E-state index in [2.05, 4.69) is 9.38 Å². The number of aromatic amines is 1. The first-order valence-electron chi connectivity index (χ1n) is 9.67. The molecule has 0 radical (unpaired) electrons. The van der Waals surface area contributed by atoms with Crippen molar-refractivity contribution in [2.45, 2.75) is 31.1 Å². The lowest BCUT2D eigenvalue weighted by atomic mass is 10.0. The Morgan fingerprint density at radius 2 is 2.13 bits per heavy atom. The molecule has 1 aromatic carbocycles. The zero-order chi connectivity index (χ0) is 21.3. The molecule has 10 heteroatoms. The molecule has 0 saturated carbocycles. The topological polar surface area (TPSA) is 135 Å². The normalized spacial score (nSPS) is 20.2. The van der Waals surface area contributed by atoms with E-state index in [0.29, 0.717) is 29.0 Å². The molecule has 2 aliphatic rings.